The zero-order chi connectivity index (χ0) is 20.2. The maximum Gasteiger partial charge on any atom is 0.115 e. The number of fused-ring (bicyclic) bond motifs is 5. The lowest BCUT2D eigenvalue weighted by molar-refractivity contribution is 0.0307. The lowest BCUT2D eigenvalue weighted by Gasteiger charge is -2.53. The predicted molar refractivity (Wildman–Crippen MR) is 117 cm³/mol. The molecule has 0 aliphatic heterocycles. The molecule has 0 amide bonds. The van der Waals surface area contributed by atoms with Gasteiger partial charge in [0.05, 0.1) is 6.10 Å². The molecule has 3 aliphatic carbocycles. The molecule has 5 rings (SSSR count). The standard InChI is InChI=1S/C27H32O2/c1-3-7-22-24(29)16-27(2)13-12-21-20-11-10-19(28)14-18(20)15-23(25(21)26(22)27)17-8-5-4-6-9-17/h3-11,14,21-26,28-29H,12-13,15-16H2,1-2H3/t21-,22+,23+,24-,25+,26+,27-/m1/s1. The van der Waals surface area contributed by atoms with Crippen molar-refractivity contribution in [3.8, 4) is 5.75 Å². The zero-order valence-electron chi connectivity index (χ0n) is 17.5. The summed E-state index contributed by atoms with van der Waals surface area (Å²) in [6, 6.07) is 17.0. The summed E-state index contributed by atoms with van der Waals surface area (Å²) in [5, 5.41) is 21.1. The Morgan fingerprint density at radius 2 is 1.86 bits per heavy atom. The first kappa shape index (κ1) is 18.9. The molecule has 3 aliphatic rings. The highest BCUT2D eigenvalue weighted by molar-refractivity contribution is 5.43. The van der Waals surface area contributed by atoms with Crippen LogP contribution in [0.4, 0.5) is 0 Å². The summed E-state index contributed by atoms with van der Waals surface area (Å²) >= 11 is 0. The highest BCUT2D eigenvalue weighted by Crippen LogP contribution is 2.65. The van der Waals surface area contributed by atoms with Crippen LogP contribution < -0.4 is 0 Å². The number of allylic oxidation sites excluding steroid dienone is 1. The molecule has 0 spiro atoms. The molecule has 0 heterocycles. The van der Waals surface area contributed by atoms with E-state index < -0.39 is 0 Å². The molecular formula is C27H32O2. The second-order valence-corrected chi connectivity index (χ2v) is 9.88. The third-order valence-electron chi connectivity index (χ3n) is 8.32. The van der Waals surface area contributed by atoms with Crippen molar-refractivity contribution >= 4 is 0 Å². The van der Waals surface area contributed by atoms with Gasteiger partial charge in [0.2, 0.25) is 0 Å². The van der Waals surface area contributed by atoms with Crippen molar-refractivity contribution in [2.75, 3.05) is 0 Å². The largest absolute Gasteiger partial charge is 0.508 e. The van der Waals surface area contributed by atoms with Crippen molar-refractivity contribution in [3.63, 3.8) is 0 Å². The van der Waals surface area contributed by atoms with Crippen molar-refractivity contribution in [3.05, 3.63) is 77.4 Å². The maximum absolute atomic E-state index is 11.0. The SMILES string of the molecule is CC=C[C@@H]1[C@H]2[C@H]3[C@H](CC[C@]2(C)C[C@H]1O)c1ccc(O)cc1C[C@H]3c1ccccc1. The predicted octanol–water partition coefficient (Wildman–Crippen LogP) is 5.81. The zero-order valence-corrected chi connectivity index (χ0v) is 17.5. The summed E-state index contributed by atoms with van der Waals surface area (Å²) in [7, 11) is 0. The molecule has 0 radical (unpaired) electrons. The molecule has 2 saturated carbocycles. The van der Waals surface area contributed by atoms with E-state index in [0.717, 1.165) is 12.8 Å². The minimum atomic E-state index is -0.238. The number of aromatic hydroxyl groups is 1. The Labute approximate surface area is 174 Å². The minimum absolute atomic E-state index is 0.201. The third kappa shape index (κ3) is 2.95. The number of hydrogen-bond donors (Lipinski definition) is 2. The van der Waals surface area contributed by atoms with E-state index >= 15 is 0 Å². The van der Waals surface area contributed by atoms with Crippen molar-refractivity contribution in [2.24, 2.45) is 23.2 Å². The molecule has 2 aromatic carbocycles. The first-order valence-electron chi connectivity index (χ1n) is 11.2. The first-order chi connectivity index (χ1) is 14.0. The molecule has 2 N–H and O–H groups in total. The van der Waals surface area contributed by atoms with Gasteiger partial charge in [-0.2, -0.15) is 0 Å². The fourth-order valence-electron chi connectivity index (χ4n) is 7.28. The van der Waals surface area contributed by atoms with Crippen LogP contribution in [0.15, 0.2) is 60.7 Å². The van der Waals surface area contributed by atoms with Crippen molar-refractivity contribution in [1.82, 2.24) is 0 Å². The maximum atomic E-state index is 11.0. The van der Waals surface area contributed by atoms with Crippen LogP contribution in [0.25, 0.3) is 0 Å². The Bertz CT molecular complexity index is 917. The second-order valence-electron chi connectivity index (χ2n) is 9.88. The average Bonchev–Trinajstić information content (AvgIpc) is 2.97. The van der Waals surface area contributed by atoms with Gasteiger partial charge in [0.1, 0.15) is 5.75 Å². The van der Waals surface area contributed by atoms with Gasteiger partial charge in [-0.1, -0.05) is 55.5 Å². The Morgan fingerprint density at radius 1 is 1.07 bits per heavy atom. The molecule has 0 aromatic heterocycles. The second kappa shape index (κ2) is 7.02. The third-order valence-corrected chi connectivity index (χ3v) is 8.32. The van der Waals surface area contributed by atoms with Crippen LogP contribution in [-0.2, 0) is 6.42 Å². The molecule has 2 heteroatoms. The monoisotopic (exact) mass is 388 g/mol. The average molecular weight is 389 g/mol. The Kier molecular flexibility index (Phi) is 4.58. The number of benzene rings is 2. The topological polar surface area (TPSA) is 40.5 Å². The lowest BCUT2D eigenvalue weighted by atomic mass is 9.51. The number of rotatable bonds is 2. The van der Waals surface area contributed by atoms with Gasteiger partial charge in [-0.25, -0.2) is 0 Å². The summed E-state index contributed by atoms with van der Waals surface area (Å²) in [6.07, 6.45) is 8.41. The Balaban J connectivity index is 1.67. The van der Waals surface area contributed by atoms with Gasteiger partial charge in [0.15, 0.2) is 0 Å². The summed E-state index contributed by atoms with van der Waals surface area (Å²) in [4.78, 5) is 0. The number of aliphatic hydroxyl groups excluding tert-OH is 1. The molecule has 152 valence electrons. The van der Waals surface area contributed by atoms with Gasteiger partial charge in [0, 0.05) is 5.92 Å². The van der Waals surface area contributed by atoms with Crippen molar-refractivity contribution in [2.45, 2.75) is 57.5 Å². The van der Waals surface area contributed by atoms with Gasteiger partial charge < -0.3 is 10.2 Å². The molecule has 0 bridgehead atoms. The lowest BCUT2D eigenvalue weighted by Crippen LogP contribution is -2.45. The van der Waals surface area contributed by atoms with Crippen LogP contribution >= 0.6 is 0 Å². The molecule has 0 unspecified atom stereocenters. The smallest absolute Gasteiger partial charge is 0.115 e. The van der Waals surface area contributed by atoms with Crippen LogP contribution in [0.2, 0.25) is 0 Å². The quantitative estimate of drug-likeness (QED) is 0.638. The number of aliphatic hydroxyl groups is 1. The molecule has 29 heavy (non-hydrogen) atoms. The van der Waals surface area contributed by atoms with Crippen molar-refractivity contribution < 1.29 is 10.2 Å². The van der Waals surface area contributed by atoms with Gasteiger partial charge in [-0.15, -0.1) is 0 Å². The van der Waals surface area contributed by atoms with Gasteiger partial charge in [-0.05, 0) is 90.5 Å². The van der Waals surface area contributed by atoms with Gasteiger partial charge in [-0.3, -0.25) is 0 Å². The van der Waals surface area contributed by atoms with Crippen LogP contribution in [0, 0.1) is 23.2 Å². The Hall–Kier alpha value is -2.06. The summed E-state index contributed by atoms with van der Waals surface area (Å²) in [5.41, 5.74) is 4.35. The molecular weight excluding hydrogens is 356 g/mol. The first-order valence-corrected chi connectivity index (χ1v) is 11.2. The molecule has 0 saturated heterocycles. The minimum Gasteiger partial charge on any atom is -0.508 e. The Morgan fingerprint density at radius 3 is 2.62 bits per heavy atom. The molecule has 2 nitrogen and oxygen atoms in total. The molecule has 2 fully saturated rings. The molecule has 2 aromatic rings. The van der Waals surface area contributed by atoms with Crippen molar-refractivity contribution in [1.29, 1.82) is 0 Å². The van der Waals surface area contributed by atoms with Crippen LogP contribution in [0.1, 0.15) is 61.6 Å². The molecule has 7 atom stereocenters. The number of phenols is 1. The summed E-state index contributed by atoms with van der Waals surface area (Å²) in [6.45, 7) is 4.51. The van der Waals surface area contributed by atoms with Crippen LogP contribution in [0.5, 0.6) is 5.75 Å². The van der Waals surface area contributed by atoms with Gasteiger partial charge in [0.25, 0.3) is 0 Å². The highest BCUT2D eigenvalue weighted by Gasteiger charge is 2.59. The van der Waals surface area contributed by atoms with E-state index in [0.29, 0.717) is 29.4 Å². The van der Waals surface area contributed by atoms with E-state index in [2.05, 4.69) is 62.4 Å². The van der Waals surface area contributed by atoms with E-state index in [9.17, 15) is 10.2 Å². The van der Waals surface area contributed by atoms with E-state index in [1.54, 1.807) is 0 Å². The van der Waals surface area contributed by atoms with Gasteiger partial charge >= 0.3 is 0 Å². The fourth-order valence-corrected chi connectivity index (χ4v) is 7.28. The summed E-state index contributed by atoms with van der Waals surface area (Å²) < 4.78 is 0. The normalized spacial score (nSPS) is 38.4. The fraction of sp³-hybridized carbons (Fsp3) is 0.481. The van der Waals surface area contributed by atoms with E-state index in [4.69, 9.17) is 0 Å². The van der Waals surface area contributed by atoms with Crippen LogP contribution in [-0.4, -0.2) is 16.3 Å². The van der Waals surface area contributed by atoms with E-state index in [1.807, 2.05) is 12.1 Å². The van der Waals surface area contributed by atoms with Crippen LogP contribution in [0.3, 0.4) is 0 Å². The van der Waals surface area contributed by atoms with E-state index in [-0.39, 0.29) is 17.4 Å². The van der Waals surface area contributed by atoms with E-state index in [1.165, 1.54) is 29.5 Å². The number of hydrogen-bond acceptors (Lipinski definition) is 2. The summed E-state index contributed by atoms with van der Waals surface area (Å²) in [5.74, 6) is 2.55. The number of phenolic OH excluding ortho intramolecular Hbond substituents is 1. The highest BCUT2D eigenvalue weighted by atomic mass is 16.3.